The number of nitrogens with zero attached hydrogens (tertiary/aromatic N) is 10. The van der Waals surface area contributed by atoms with Gasteiger partial charge in [-0.2, -0.15) is 0 Å². The van der Waals surface area contributed by atoms with Crippen LogP contribution in [0.5, 0.6) is 0 Å². The Bertz CT molecular complexity index is 2900. The van der Waals surface area contributed by atoms with E-state index < -0.39 is 0 Å². The van der Waals surface area contributed by atoms with Gasteiger partial charge in [-0.25, -0.2) is 19.9 Å². The lowest BCUT2D eigenvalue weighted by Gasteiger charge is -2.11. The molecule has 272 valence electrons. The number of hydrogen-bond donors (Lipinski definition) is 2. The minimum absolute atomic E-state index is 0. The lowest BCUT2D eigenvalue weighted by atomic mass is 10.2. The minimum Gasteiger partial charge on any atom is -0.399 e. The average molecular weight is 753 g/mol. The Hall–Kier alpha value is -7.57. The zero-order chi connectivity index (χ0) is 37.4. The number of pyridine rings is 6. The van der Waals surface area contributed by atoms with Gasteiger partial charge < -0.3 is 11.1 Å². The normalized spacial score (nSPS) is 10.5. The standard InChI is InChI=1S/C21H14N6.C12H7ClN4.C9H8N2.CH4/c1-2-15-12-16(3-4-18(15)24-8-1)25-21-17-13-23-11-7-19(17)26-20(27-21)14-5-9-22-10-6-14;13-11-9-7-15-6-3-10(9)16-12(17-11)8-1-4-14-5-2-8;10-8-3-4-9-7(6-8)2-1-5-11-9;/h1-13H,(H,25,26,27);1-7H;1-6H,10H2;1H4. The number of benzene rings is 2. The van der Waals surface area contributed by atoms with Gasteiger partial charge in [-0.05, 0) is 84.9 Å². The highest BCUT2D eigenvalue weighted by Crippen LogP contribution is 2.28. The van der Waals surface area contributed by atoms with E-state index in [1.54, 1.807) is 62.0 Å². The number of fused-ring (bicyclic) bond motifs is 4. The Morgan fingerprint density at radius 1 is 0.482 bits per heavy atom. The molecule has 8 aromatic heterocycles. The van der Waals surface area contributed by atoms with E-state index >= 15 is 0 Å². The summed E-state index contributed by atoms with van der Waals surface area (Å²) in [6.45, 7) is 0. The van der Waals surface area contributed by atoms with Crippen LogP contribution in [-0.4, -0.2) is 49.8 Å². The highest BCUT2D eigenvalue weighted by atomic mass is 35.5. The molecule has 0 aliphatic carbocycles. The molecule has 8 heterocycles. The Morgan fingerprint density at radius 2 is 1.02 bits per heavy atom. The molecule has 10 aromatic rings. The first kappa shape index (κ1) is 36.8. The quantitative estimate of drug-likeness (QED) is 0.129. The van der Waals surface area contributed by atoms with Crippen molar-refractivity contribution >= 4 is 72.4 Å². The van der Waals surface area contributed by atoms with Crippen LogP contribution in [0.25, 0.3) is 66.4 Å². The smallest absolute Gasteiger partial charge is 0.162 e. The number of nitrogens with one attached hydrogen (secondary N) is 1. The van der Waals surface area contributed by atoms with Crippen molar-refractivity contribution in [2.75, 3.05) is 11.1 Å². The summed E-state index contributed by atoms with van der Waals surface area (Å²) in [6.07, 6.45) is 17.3. The van der Waals surface area contributed by atoms with Crippen molar-refractivity contribution in [1.82, 2.24) is 49.8 Å². The zero-order valence-electron chi connectivity index (χ0n) is 28.9. The highest BCUT2D eigenvalue weighted by molar-refractivity contribution is 6.34. The lowest BCUT2D eigenvalue weighted by Crippen LogP contribution is -2.00. The summed E-state index contributed by atoms with van der Waals surface area (Å²) in [5, 5.41) is 7.60. The van der Waals surface area contributed by atoms with E-state index in [9.17, 15) is 0 Å². The molecule has 0 bridgehead atoms. The fraction of sp³-hybridized carbons (Fsp3) is 0.0233. The van der Waals surface area contributed by atoms with Crippen LogP contribution in [0.2, 0.25) is 5.15 Å². The molecule has 10 rings (SSSR count). The van der Waals surface area contributed by atoms with Crippen LogP contribution in [0, 0.1) is 0 Å². The van der Waals surface area contributed by atoms with Crippen LogP contribution in [0.4, 0.5) is 17.2 Å². The van der Waals surface area contributed by atoms with Crippen LogP contribution < -0.4 is 11.1 Å². The summed E-state index contributed by atoms with van der Waals surface area (Å²) in [4.78, 5) is 42.9. The second-order valence-electron chi connectivity index (χ2n) is 12.0. The van der Waals surface area contributed by atoms with Gasteiger partial charge in [0.15, 0.2) is 11.6 Å². The molecule has 0 aliphatic heterocycles. The Kier molecular flexibility index (Phi) is 11.2. The third-order valence-electron chi connectivity index (χ3n) is 8.32. The largest absolute Gasteiger partial charge is 0.399 e. The number of halogens is 1. The van der Waals surface area contributed by atoms with Gasteiger partial charge in [0.1, 0.15) is 11.0 Å². The van der Waals surface area contributed by atoms with Gasteiger partial charge >= 0.3 is 0 Å². The second kappa shape index (κ2) is 17.1. The summed E-state index contributed by atoms with van der Waals surface area (Å²) in [7, 11) is 0. The first-order valence-corrected chi connectivity index (χ1v) is 17.4. The molecule has 0 fully saturated rings. The molecular weight excluding hydrogens is 720 g/mol. The Labute approximate surface area is 326 Å². The van der Waals surface area contributed by atoms with Crippen LogP contribution >= 0.6 is 11.6 Å². The monoisotopic (exact) mass is 752 g/mol. The van der Waals surface area contributed by atoms with Crippen molar-refractivity contribution in [2.24, 2.45) is 0 Å². The van der Waals surface area contributed by atoms with Crippen molar-refractivity contribution in [3.8, 4) is 22.8 Å². The Morgan fingerprint density at radius 3 is 1.66 bits per heavy atom. The fourth-order valence-electron chi connectivity index (χ4n) is 5.65. The molecule has 56 heavy (non-hydrogen) atoms. The molecule has 0 radical (unpaired) electrons. The SMILES string of the molecule is C.Clc1nc(-c2ccncc2)nc2ccncc12.Nc1ccc2ncccc2c1.c1cnc2ccc(Nc3nc(-c4ccncc4)nc4ccncc34)cc2c1. The summed E-state index contributed by atoms with van der Waals surface area (Å²) in [5.41, 5.74) is 12.7. The predicted molar refractivity (Wildman–Crippen MR) is 224 cm³/mol. The fourth-order valence-corrected chi connectivity index (χ4v) is 5.87. The average Bonchev–Trinajstić information content (AvgIpc) is 3.24. The molecule has 0 spiro atoms. The van der Waals surface area contributed by atoms with Gasteiger partial charge in [0.05, 0.1) is 32.8 Å². The van der Waals surface area contributed by atoms with Crippen LogP contribution in [0.15, 0.2) is 159 Å². The van der Waals surface area contributed by atoms with E-state index in [0.29, 0.717) is 22.6 Å². The van der Waals surface area contributed by atoms with Crippen LogP contribution in [0.3, 0.4) is 0 Å². The van der Waals surface area contributed by atoms with Gasteiger partial charge in [0.25, 0.3) is 0 Å². The maximum Gasteiger partial charge on any atom is 0.162 e. The molecule has 0 aliphatic rings. The number of nitrogen functional groups attached to an aromatic ring is 1. The van der Waals surface area contributed by atoms with Crippen molar-refractivity contribution in [1.29, 1.82) is 0 Å². The molecule has 0 unspecified atom stereocenters. The summed E-state index contributed by atoms with van der Waals surface area (Å²) in [5.74, 6) is 1.94. The summed E-state index contributed by atoms with van der Waals surface area (Å²) >= 11 is 6.11. The molecule has 2 aromatic carbocycles. The maximum atomic E-state index is 6.11. The number of nitrogens with two attached hydrogens (primary N) is 1. The van der Waals surface area contributed by atoms with Gasteiger partial charge in [0.2, 0.25) is 0 Å². The molecule has 0 saturated heterocycles. The maximum absolute atomic E-state index is 6.11. The summed E-state index contributed by atoms with van der Waals surface area (Å²) < 4.78 is 0. The van der Waals surface area contributed by atoms with E-state index in [4.69, 9.17) is 22.3 Å². The molecule has 0 atom stereocenters. The Balaban J connectivity index is 0.000000141. The molecule has 0 saturated carbocycles. The van der Waals surface area contributed by atoms with E-state index in [1.165, 1.54) is 0 Å². The van der Waals surface area contributed by atoms with E-state index in [1.807, 2.05) is 91.0 Å². The molecular formula is C43H33ClN12. The van der Waals surface area contributed by atoms with Gasteiger partial charge in [-0.1, -0.05) is 31.2 Å². The first-order chi connectivity index (χ1) is 27.1. The highest BCUT2D eigenvalue weighted by Gasteiger charge is 2.11. The second-order valence-corrected chi connectivity index (χ2v) is 12.3. The van der Waals surface area contributed by atoms with Crippen molar-refractivity contribution < 1.29 is 0 Å². The number of rotatable bonds is 4. The van der Waals surface area contributed by atoms with Crippen molar-refractivity contribution in [3.63, 3.8) is 0 Å². The third kappa shape index (κ3) is 8.46. The van der Waals surface area contributed by atoms with E-state index in [2.05, 4.69) is 56.2 Å². The van der Waals surface area contributed by atoms with Crippen LogP contribution in [-0.2, 0) is 0 Å². The predicted octanol–water partition coefficient (Wildman–Crippen LogP) is 9.57. The van der Waals surface area contributed by atoms with E-state index in [-0.39, 0.29) is 7.43 Å². The lowest BCUT2D eigenvalue weighted by molar-refractivity contribution is 1.20. The van der Waals surface area contributed by atoms with Gasteiger partial charge in [-0.3, -0.25) is 29.9 Å². The number of anilines is 3. The van der Waals surface area contributed by atoms with Crippen molar-refractivity contribution in [3.05, 3.63) is 164 Å². The minimum atomic E-state index is 0. The molecule has 12 nitrogen and oxygen atoms in total. The van der Waals surface area contributed by atoms with E-state index in [0.717, 1.165) is 66.1 Å². The van der Waals surface area contributed by atoms with Gasteiger partial charge in [0, 0.05) is 95.2 Å². The molecule has 0 amide bonds. The zero-order valence-corrected chi connectivity index (χ0v) is 29.7. The van der Waals surface area contributed by atoms with Crippen molar-refractivity contribution in [2.45, 2.75) is 7.43 Å². The molecule has 3 N–H and O–H groups in total. The first-order valence-electron chi connectivity index (χ1n) is 17.0. The third-order valence-corrected chi connectivity index (χ3v) is 8.61. The number of aromatic nitrogens is 10. The van der Waals surface area contributed by atoms with Crippen LogP contribution in [0.1, 0.15) is 7.43 Å². The molecule has 13 heteroatoms. The summed E-state index contributed by atoms with van der Waals surface area (Å²) in [6, 6.07) is 30.8. The topological polar surface area (TPSA) is 167 Å². The van der Waals surface area contributed by atoms with Gasteiger partial charge in [-0.15, -0.1) is 0 Å². The number of hydrogen-bond acceptors (Lipinski definition) is 12.